The molecule has 1 heterocycles. The highest BCUT2D eigenvalue weighted by atomic mass is 16.1. The maximum atomic E-state index is 11.6. The van der Waals surface area contributed by atoms with E-state index in [0.29, 0.717) is 11.3 Å². The second kappa shape index (κ2) is 4.49. The molecule has 0 fully saturated rings. The van der Waals surface area contributed by atoms with Gasteiger partial charge in [-0.1, -0.05) is 12.1 Å². The normalized spacial score (nSPS) is 9.65. The molecule has 1 N–H and O–H groups in total. The lowest BCUT2D eigenvalue weighted by Gasteiger charge is -2.17. The van der Waals surface area contributed by atoms with Crippen LogP contribution >= 0.6 is 0 Å². The Bertz CT molecular complexity index is 627. The highest BCUT2D eigenvalue weighted by Crippen LogP contribution is 2.22. The molecule has 2 aromatic rings. The molecule has 0 bridgehead atoms. The summed E-state index contributed by atoms with van der Waals surface area (Å²) < 4.78 is 0. The van der Waals surface area contributed by atoms with Gasteiger partial charge in [-0.15, -0.1) is 0 Å². The van der Waals surface area contributed by atoms with Gasteiger partial charge in [0.15, 0.2) is 5.82 Å². The molecule has 0 aliphatic heterocycles. The fourth-order valence-electron chi connectivity index (χ4n) is 1.56. The summed E-state index contributed by atoms with van der Waals surface area (Å²) in [6.45, 7) is 0. The molecule has 5 heteroatoms. The molecule has 0 radical (unpaired) electrons. The highest BCUT2D eigenvalue weighted by Gasteiger charge is 2.12. The fraction of sp³-hybridized carbons (Fsp3) is 0.0833. The van der Waals surface area contributed by atoms with Crippen molar-refractivity contribution in [1.82, 2.24) is 9.97 Å². The highest BCUT2D eigenvalue weighted by molar-refractivity contribution is 5.65. The summed E-state index contributed by atoms with van der Waals surface area (Å²) >= 11 is 0. The predicted octanol–water partition coefficient (Wildman–Crippen LogP) is 1.41. The molecule has 1 aromatic carbocycles. The van der Waals surface area contributed by atoms with Crippen LogP contribution in [0.2, 0.25) is 0 Å². The van der Waals surface area contributed by atoms with Crippen LogP contribution in [0.3, 0.4) is 0 Å². The Hall–Kier alpha value is -2.61. The predicted molar refractivity (Wildman–Crippen MR) is 64.1 cm³/mol. The van der Waals surface area contributed by atoms with Gasteiger partial charge in [-0.25, -0.2) is 4.98 Å². The summed E-state index contributed by atoms with van der Waals surface area (Å²) in [7, 11) is 1.70. The first-order valence-corrected chi connectivity index (χ1v) is 5.00. The summed E-state index contributed by atoms with van der Waals surface area (Å²) in [5.74, 6) is 0.259. The number of hydrogen-bond donors (Lipinski definition) is 1. The Morgan fingerprint density at radius 2 is 2.18 bits per heavy atom. The summed E-state index contributed by atoms with van der Waals surface area (Å²) in [4.78, 5) is 19.7. The van der Waals surface area contributed by atoms with Crippen LogP contribution in [0.15, 0.2) is 41.5 Å². The number of hydrogen-bond acceptors (Lipinski definition) is 4. The van der Waals surface area contributed by atoms with Crippen LogP contribution in [-0.4, -0.2) is 17.0 Å². The summed E-state index contributed by atoms with van der Waals surface area (Å²) in [6.07, 6.45) is 2.97. The molecule has 0 unspecified atom stereocenters. The van der Waals surface area contributed by atoms with Gasteiger partial charge in [0, 0.05) is 19.4 Å². The molecular formula is C12H10N4O. The molecule has 17 heavy (non-hydrogen) atoms. The molecule has 1 aromatic heterocycles. The fourth-order valence-corrected chi connectivity index (χ4v) is 1.56. The van der Waals surface area contributed by atoms with Crippen LogP contribution in [0.1, 0.15) is 5.56 Å². The lowest BCUT2D eigenvalue weighted by Crippen LogP contribution is -2.22. The molecule has 0 spiro atoms. The van der Waals surface area contributed by atoms with Crippen molar-refractivity contribution in [3.8, 4) is 6.07 Å². The molecule has 0 aliphatic rings. The van der Waals surface area contributed by atoms with Gasteiger partial charge < -0.3 is 9.88 Å². The van der Waals surface area contributed by atoms with E-state index in [9.17, 15) is 4.79 Å². The number of nitriles is 1. The van der Waals surface area contributed by atoms with Crippen LogP contribution in [0.25, 0.3) is 0 Å². The van der Waals surface area contributed by atoms with Crippen LogP contribution in [-0.2, 0) is 0 Å². The molecule has 0 aliphatic carbocycles. The second-order valence-electron chi connectivity index (χ2n) is 3.43. The topological polar surface area (TPSA) is 72.8 Å². The monoisotopic (exact) mass is 226 g/mol. The maximum Gasteiger partial charge on any atom is 0.291 e. The summed E-state index contributed by atoms with van der Waals surface area (Å²) in [6, 6.07) is 9.14. The van der Waals surface area contributed by atoms with Gasteiger partial charge in [-0.3, -0.25) is 4.79 Å². The SMILES string of the molecule is CN(c1ccccc1C#N)c1ncc[nH]c1=O. The number of aromatic amines is 1. The number of rotatable bonds is 2. The third kappa shape index (κ3) is 2.01. The quantitative estimate of drug-likeness (QED) is 0.840. The molecule has 84 valence electrons. The Kier molecular flexibility index (Phi) is 2.88. The third-order valence-corrected chi connectivity index (χ3v) is 2.39. The molecule has 5 nitrogen and oxygen atoms in total. The molecule has 2 rings (SSSR count). The Morgan fingerprint density at radius 1 is 1.41 bits per heavy atom. The first-order chi connectivity index (χ1) is 8.24. The Morgan fingerprint density at radius 3 is 2.88 bits per heavy atom. The molecule has 0 amide bonds. The van der Waals surface area contributed by atoms with Gasteiger partial charge in [0.05, 0.1) is 11.3 Å². The second-order valence-corrected chi connectivity index (χ2v) is 3.43. The largest absolute Gasteiger partial charge is 0.324 e. The standard InChI is InChI=1S/C12H10N4O/c1-16(11-12(17)15-7-6-14-11)10-5-3-2-4-9(10)8-13/h2-7H,1H3,(H,15,17). The van der Waals surface area contributed by atoms with E-state index in [4.69, 9.17) is 5.26 Å². The Labute approximate surface area is 98.0 Å². The number of aromatic nitrogens is 2. The smallest absolute Gasteiger partial charge is 0.291 e. The van der Waals surface area contributed by atoms with Crippen molar-refractivity contribution in [3.63, 3.8) is 0 Å². The zero-order valence-corrected chi connectivity index (χ0v) is 9.21. The maximum absolute atomic E-state index is 11.6. The molecule has 0 saturated carbocycles. The van der Waals surface area contributed by atoms with Gasteiger partial charge in [-0.2, -0.15) is 5.26 Å². The zero-order valence-electron chi connectivity index (χ0n) is 9.21. The van der Waals surface area contributed by atoms with Crippen molar-refractivity contribution in [2.45, 2.75) is 0 Å². The first-order valence-electron chi connectivity index (χ1n) is 5.00. The van der Waals surface area contributed by atoms with Gasteiger partial charge in [0.1, 0.15) is 6.07 Å². The van der Waals surface area contributed by atoms with E-state index >= 15 is 0 Å². The van der Waals surface area contributed by atoms with Gasteiger partial charge in [0.2, 0.25) is 0 Å². The van der Waals surface area contributed by atoms with E-state index in [0.717, 1.165) is 0 Å². The van der Waals surface area contributed by atoms with E-state index in [-0.39, 0.29) is 11.4 Å². The van der Waals surface area contributed by atoms with Crippen molar-refractivity contribution in [3.05, 3.63) is 52.6 Å². The van der Waals surface area contributed by atoms with E-state index in [1.807, 2.05) is 6.07 Å². The lowest BCUT2D eigenvalue weighted by molar-refractivity contribution is 1.05. The van der Waals surface area contributed by atoms with Crippen molar-refractivity contribution in [2.75, 3.05) is 11.9 Å². The molecule has 0 saturated heterocycles. The van der Waals surface area contributed by atoms with E-state index in [1.54, 1.807) is 30.1 Å². The van der Waals surface area contributed by atoms with Crippen LogP contribution in [0, 0.1) is 11.3 Å². The van der Waals surface area contributed by atoms with Crippen molar-refractivity contribution in [1.29, 1.82) is 5.26 Å². The third-order valence-electron chi connectivity index (χ3n) is 2.39. The van der Waals surface area contributed by atoms with Crippen LogP contribution < -0.4 is 10.5 Å². The minimum atomic E-state index is -0.289. The zero-order chi connectivity index (χ0) is 12.3. The van der Waals surface area contributed by atoms with Crippen LogP contribution in [0.5, 0.6) is 0 Å². The van der Waals surface area contributed by atoms with Gasteiger partial charge in [0.25, 0.3) is 5.56 Å². The van der Waals surface area contributed by atoms with Crippen molar-refractivity contribution in [2.24, 2.45) is 0 Å². The minimum absolute atomic E-state index is 0.259. The average Bonchev–Trinajstić information content (AvgIpc) is 2.38. The van der Waals surface area contributed by atoms with Crippen LogP contribution in [0.4, 0.5) is 11.5 Å². The minimum Gasteiger partial charge on any atom is -0.324 e. The first kappa shape index (κ1) is 10.9. The molecule has 0 atom stereocenters. The summed E-state index contributed by atoms with van der Waals surface area (Å²) in [5, 5.41) is 9.00. The van der Waals surface area contributed by atoms with Gasteiger partial charge in [-0.05, 0) is 12.1 Å². The number of nitrogens with zero attached hydrogens (tertiary/aromatic N) is 3. The number of benzene rings is 1. The number of anilines is 2. The van der Waals surface area contributed by atoms with E-state index in [2.05, 4.69) is 16.0 Å². The van der Waals surface area contributed by atoms with Crippen molar-refractivity contribution < 1.29 is 0 Å². The average molecular weight is 226 g/mol. The molecular weight excluding hydrogens is 216 g/mol. The van der Waals surface area contributed by atoms with Crippen molar-refractivity contribution >= 4 is 11.5 Å². The number of para-hydroxylation sites is 1. The summed E-state index contributed by atoms with van der Waals surface area (Å²) in [5.41, 5.74) is 0.863. The Balaban J connectivity index is 2.52. The lowest BCUT2D eigenvalue weighted by atomic mass is 10.2. The number of H-pyrrole nitrogens is 1. The van der Waals surface area contributed by atoms with E-state index in [1.165, 1.54) is 12.4 Å². The van der Waals surface area contributed by atoms with Gasteiger partial charge >= 0.3 is 0 Å². The van der Waals surface area contributed by atoms with E-state index < -0.39 is 0 Å². The number of nitrogens with one attached hydrogen (secondary N) is 1.